The third-order valence-corrected chi connectivity index (χ3v) is 3.66. The summed E-state index contributed by atoms with van der Waals surface area (Å²) in [6.07, 6.45) is 0.850. The number of halogens is 1. The van der Waals surface area contributed by atoms with Gasteiger partial charge in [0.05, 0.1) is 11.0 Å². The summed E-state index contributed by atoms with van der Waals surface area (Å²) in [5.41, 5.74) is 2.78. The second kappa shape index (κ2) is 6.58. The fourth-order valence-electron chi connectivity index (χ4n) is 2.53. The number of fused-ring (bicyclic) bond motifs is 1. The zero-order chi connectivity index (χ0) is 15.4. The number of aromatic amines is 1. The minimum Gasteiger partial charge on any atom is -0.313 e. The van der Waals surface area contributed by atoms with Crippen LogP contribution in [0.15, 0.2) is 53.3 Å². The maximum absolute atomic E-state index is 12.8. The van der Waals surface area contributed by atoms with Crippen molar-refractivity contribution in [2.24, 2.45) is 0 Å². The number of nitrogens with zero attached hydrogens (tertiary/aromatic N) is 1. The van der Waals surface area contributed by atoms with Crippen LogP contribution < -0.4 is 11.0 Å². The number of para-hydroxylation sites is 2. The minimum absolute atomic E-state index is 0.0697. The van der Waals surface area contributed by atoms with E-state index in [1.165, 1.54) is 12.1 Å². The van der Waals surface area contributed by atoms with E-state index in [0.717, 1.165) is 29.6 Å². The number of benzene rings is 2. The number of aromatic nitrogens is 2. The molecule has 0 spiro atoms. The zero-order valence-electron chi connectivity index (χ0n) is 12.2. The first-order valence-electron chi connectivity index (χ1n) is 7.37. The van der Waals surface area contributed by atoms with Crippen LogP contribution in [0.2, 0.25) is 0 Å². The van der Waals surface area contributed by atoms with Crippen molar-refractivity contribution in [1.82, 2.24) is 14.9 Å². The lowest BCUT2D eigenvalue weighted by atomic mass is 10.2. The van der Waals surface area contributed by atoms with Crippen molar-refractivity contribution in [3.63, 3.8) is 0 Å². The molecule has 0 saturated heterocycles. The molecular formula is C17H18FN3O. The molecular weight excluding hydrogens is 281 g/mol. The average molecular weight is 299 g/mol. The van der Waals surface area contributed by atoms with Gasteiger partial charge in [-0.3, -0.25) is 4.57 Å². The molecule has 114 valence electrons. The summed E-state index contributed by atoms with van der Waals surface area (Å²) in [4.78, 5) is 14.8. The van der Waals surface area contributed by atoms with E-state index >= 15 is 0 Å². The predicted octanol–water partition coefficient (Wildman–Crippen LogP) is 2.65. The van der Waals surface area contributed by atoms with Crippen molar-refractivity contribution in [3.05, 3.63) is 70.4 Å². The lowest BCUT2D eigenvalue weighted by Crippen LogP contribution is -2.21. The number of aryl methyl sites for hydroxylation is 1. The second-order valence-electron chi connectivity index (χ2n) is 5.26. The van der Waals surface area contributed by atoms with Crippen LogP contribution in [-0.2, 0) is 13.1 Å². The average Bonchev–Trinajstić information content (AvgIpc) is 2.85. The van der Waals surface area contributed by atoms with Gasteiger partial charge in [0.15, 0.2) is 0 Å². The summed E-state index contributed by atoms with van der Waals surface area (Å²) in [6.45, 7) is 2.16. The number of hydrogen-bond donors (Lipinski definition) is 2. The van der Waals surface area contributed by atoms with Gasteiger partial charge in [-0.05, 0) is 42.8 Å². The van der Waals surface area contributed by atoms with Crippen molar-refractivity contribution in [2.75, 3.05) is 6.54 Å². The molecule has 22 heavy (non-hydrogen) atoms. The van der Waals surface area contributed by atoms with Gasteiger partial charge in [-0.15, -0.1) is 0 Å². The van der Waals surface area contributed by atoms with Gasteiger partial charge in [0, 0.05) is 13.1 Å². The Kier molecular flexibility index (Phi) is 4.34. The quantitative estimate of drug-likeness (QED) is 0.688. The highest BCUT2D eigenvalue weighted by Gasteiger charge is 2.04. The highest BCUT2D eigenvalue weighted by atomic mass is 19.1. The molecule has 1 heterocycles. The van der Waals surface area contributed by atoms with Gasteiger partial charge in [0.1, 0.15) is 5.82 Å². The molecule has 0 amide bonds. The standard InChI is InChI=1S/C17H18FN3O/c18-14-8-6-13(7-9-14)12-19-10-3-11-21-16-5-2-1-4-15(16)20-17(21)22/h1-2,4-9,19H,3,10-12H2,(H,20,22). The Balaban J connectivity index is 1.51. The molecule has 2 aromatic carbocycles. The molecule has 4 nitrogen and oxygen atoms in total. The molecule has 0 fully saturated rings. The van der Waals surface area contributed by atoms with Gasteiger partial charge in [-0.2, -0.15) is 0 Å². The van der Waals surface area contributed by atoms with Crippen molar-refractivity contribution >= 4 is 11.0 Å². The van der Waals surface area contributed by atoms with Crippen LogP contribution in [0.4, 0.5) is 4.39 Å². The van der Waals surface area contributed by atoms with Crippen LogP contribution in [0.3, 0.4) is 0 Å². The molecule has 1 aromatic heterocycles. The summed E-state index contributed by atoms with van der Waals surface area (Å²) in [5.74, 6) is -0.220. The number of rotatable bonds is 6. The summed E-state index contributed by atoms with van der Waals surface area (Å²) >= 11 is 0. The van der Waals surface area contributed by atoms with E-state index in [9.17, 15) is 9.18 Å². The van der Waals surface area contributed by atoms with Gasteiger partial charge in [0.25, 0.3) is 0 Å². The molecule has 0 saturated carbocycles. The van der Waals surface area contributed by atoms with E-state index < -0.39 is 0 Å². The Morgan fingerprint density at radius 1 is 1.09 bits per heavy atom. The van der Waals surface area contributed by atoms with Gasteiger partial charge in [-0.25, -0.2) is 9.18 Å². The Bertz CT molecular complexity index is 805. The summed E-state index contributed by atoms with van der Waals surface area (Å²) < 4.78 is 14.6. The van der Waals surface area contributed by atoms with Crippen LogP contribution >= 0.6 is 0 Å². The fraction of sp³-hybridized carbons (Fsp3) is 0.235. The van der Waals surface area contributed by atoms with Gasteiger partial charge < -0.3 is 10.3 Å². The molecule has 3 rings (SSSR count). The molecule has 0 aliphatic rings. The largest absolute Gasteiger partial charge is 0.326 e. The topological polar surface area (TPSA) is 49.8 Å². The molecule has 5 heteroatoms. The molecule has 0 aliphatic heterocycles. The van der Waals surface area contributed by atoms with Gasteiger partial charge in [0.2, 0.25) is 0 Å². The molecule has 0 radical (unpaired) electrons. The van der Waals surface area contributed by atoms with E-state index in [4.69, 9.17) is 0 Å². The Hall–Kier alpha value is -2.40. The molecule has 2 N–H and O–H groups in total. The predicted molar refractivity (Wildman–Crippen MR) is 85.3 cm³/mol. The molecule has 0 atom stereocenters. The van der Waals surface area contributed by atoms with E-state index in [-0.39, 0.29) is 11.5 Å². The molecule has 3 aromatic rings. The molecule has 0 bridgehead atoms. The van der Waals surface area contributed by atoms with Gasteiger partial charge in [-0.1, -0.05) is 24.3 Å². The van der Waals surface area contributed by atoms with Crippen LogP contribution in [0, 0.1) is 5.82 Å². The van der Waals surface area contributed by atoms with E-state index in [0.29, 0.717) is 13.1 Å². The van der Waals surface area contributed by atoms with Crippen LogP contribution in [0.1, 0.15) is 12.0 Å². The van der Waals surface area contributed by atoms with Crippen molar-refractivity contribution in [2.45, 2.75) is 19.5 Å². The highest BCUT2D eigenvalue weighted by molar-refractivity contribution is 5.74. The SMILES string of the molecule is O=c1[nH]c2ccccc2n1CCCNCc1ccc(F)cc1. The van der Waals surface area contributed by atoms with Crippen LogP contribution in [0.5, 0.6) is 0 Å². The maximum atomic E-state index is 12.8. The molecule has 0 aliphatic carbocycles. The lowest BCUT2D eigenvalue weighted by Gasteiger charge is -2.06. The molecule has 0 unspecified atom stereocenters. The van der Waals surface area contributed by atoms with E-state index in [1.807, 2.05) is 24.3 Å². The third kappa shape index (κ3) is 3.26. The lowest BCUT2D eigenvalue weighted by molar-refractivity contribution is 0.579. The van der Waals surface area contributed by atoms with Crippen molar-refractivity contribution < 1.29 is 4.39 Å². The fourth-order valence-corrected chi connectivity index (χ4v) is 2.53. The van der Waals surface area contributed by atoms with Crippen molar-refractivity contribution in [3.8, 4) is 0 Å². The van der Waals surface area contributed by atoms with E-state index in [2.05, 4.69) is 10.3 Å². The number of nitrogens with one attached hydrogen (secondary N) is 2. The van der Waals surface area contributed by atoms with Crippen LogP contribution in [0.25, 0.3) is 11.0 Å². The Morgan fingerprint density at radius 3 is 2.68 bits per heavy atom. The Morgan fingerprint density at radius 2 is 1.86 bits per heavy atom. The summed E-state index contributed by atoms with van der Waals surface area (Å²) in [5, 5.41) is 3.30. The first-order valence-corrected chi connectivity index (χ1v) is 7.37. The first kappa shape index (κ1) is 14.5. The maximum Gasteiger partial charge on any atom is 0.326 e. The monoisotopic (exact) mass is 299 g/mol. The second-order valence-corrected chi connectivity index (χ2v) is 5.26. The number of H-pyrrole nitrogens is 1. The van der Waals surface area contributed by atoms with Crippen molar-refractivity contribution in [1.29, 1.82) is 0 Å². The summed E-state index contributed by atoms with van der Waals surface area (Å²) in [7, 11) is 0. The normalized spacial score (nSPS) is 11.1. The third-order valence-electron chi connectivity index (χ3n) is 3.66. The van der Waals surface area contributed by atoms with Crippen LogP contribution in [-0.4, -0.2) is 16.1 Å². The number of imidazole rings is 1. The van der Waals surface area contributed by atoms with Gasteiger partial charge >= 0.3 is 5.69 Å². The Labute approximate surface area is 127 Å². The first-order chi connectivity index (χ1) is 10.7. The number of hydrogen-bond acceptors (Lipinski definition) is 2. The smallest absolute Gasteiger partial charge is 0.313 e. The summed E-state index contributed by atoms with van der Waals surface area (Å²) in [6, 6.07) is 14.1. The highest BCUT2D eigenvalue weighted by Crippen LogP contribution is 2.09. The zero-order valence-corrected chi connectivity index (χ0v) is 12.2. The minimum atomic E-state index is -0.220. The van der Waals surface area contributed by atoms with E-state index in [1.54, 1.807) is 16.7 Å².